The molecule has 3 aromatic carbocycles. The quantitative estimate of drug-likeness (QED) is 0.502. The monoisotopic (exact) mass is 452 g/mol. The molecule has 1 fully saturated rings. The molecule has 3 aromatic rings. The second-order valence-electron chi connectivity index (χ2n) is 9.02. The molecule has 0 aromatic heterocycles. The largest absolute Gasteiger partial charge is 0.388 e. The van der Waals surface area contributed by atoms with E-state index in [-0.39, 0.29) is 29.4 Å². The van der Waals surface area contributed by atoms with E-state index in [1.54, 1.807) is 30.3 Å². The van der Waals surface area contributed by atoms with Crippen LogP contribution in [0, 0.1) is 17.5 Å². The molecule has 0 bridgehead atoms. The van der Waals surface area contributed by atoms with Gasteiger partial charge in [0.15, 0.2) is 0 Å². The Morgan fingerprint density at radius 1 is 0.879 bits per heavy atom. The van der Waals surface area contributed by atoms with Gasteiger partial charge in [-0.3, -0.25) is 0 Å². The van der Waals surface area contributed by atoms with Crippen molar-refractivity contribution in [3.8, 4) is 0 Å². The Labute approximate surface area is 192 Å². The fraction of sp³-hybridized carbons (Fsp3) is 0.333. The minimum atomic E-state index is -0.613. The number of hydrogen-bond donors (Lipinski definition) is 1. The van der Waals surface area contributed by atoms with Gasteiger partial charge < -0.3 is 14.9 Å². The lowest BCUT2D eigenvalue weighted by Gasteiger charge is -2.39. The van der Waals surface area contributed by atoms with Gasteiger partial charge in [0.05, 0.1) is 6.10 Å². The van der Waals surface area contributed by atoms with E-state index >= 15 is 0 Å². The number of halogens is 3. The summed E-state index contributed by atoms with van der Waals surface area (Å²) in [6, 6.07) is 17.6. The number of piperidine rings is 1. The van der Waals surface area contributed by atoms with Crippen molar-refractivity contribution in [1.29, 1.82) is 0 Å². The third kappa shape index (κ3) is 4.50. The third-order valence-electron chi connectivity index (χ3n) is 6.95. The van der Waals surface area contributed by atoms with Crippen molar-refractivity contribution in [2.45, 2.75) is 37.3 Å². The molecule has 6 heteroatoms. The SMILES string of the molecule is O[C@H](CCCN1CC[C@@H]2[C@@H](C1)c1cc(F)ccc1N2c1ccc(F)cc1)c1ccc(F)cc1. The highest BCUT2D eigenvalue weighted by atomic mass is 19.1. The first kappa shape index (κ1) is 22.0. The summed E-state index contributed by atoms with van der Waals surface area (Å²) in [5.74, 6) is -0.659. The van der Waals surface area contributed by atoms with Crippen LogP contribution in [0.1, 0.15) is 42.4 Å². The number of hydrogen-bond acceptors (Lipinski definition) is 3. The van der Waals surface area contributed by atoms with Gasteiger partial charge in [-0.2, -0.15) is 0 Å². The molecule has 0 unspecified atom stereocenters. The number of rotatable bonds is 6. The van der Waals surface area contributed by atoms with Gasteiger partial charge >= 0.3 is 0 Å². The second-order valence-corrected chi connectivity index (χ2v) is 9.02. The van der Waals surface area contributed by atoms with Gasteiger partial charge in [-0.15, -0.1) is 0 Å². The van der Waals surface area contributed by atoms with E-state index in [0.29, 0.717) is 6.42 Å². The Morgan fingerprint density at radius 3 is 2.27 bits per heavy atom. The highest BCUT2D eigenvalue weighted by molar-refractivity contribution is 5.73. The summed E-state index contributed by atoms with van der Waals surface area (Å²) in [6.45, 7) is 2.55. The summed E-state index contributed by atoms with van der Waals surface area (Å²) in [7, 11) is 0. The van der Waals surface area contributed by atoms with Crippen LogP contribution in [0.5, 0.6) is 0 Å². The van der Waals surface area contributed by atoms with Gasteiger partial charge in [-0.1, -0.05) is 12.1 Å². The van der Waals surface area contributed by atoms with Crippen LogP contribution in [-0.4, -0.2) is 35.7 Å². The van der Waals surface area contributed by atoms with Gasteiger partial charge in [0.2, 0.25) is 0 Å². The molecule has 0 saturated carbocycles. The summed E-state index contributed by atoms with van der Waals surface area (Å²) in [6.07, 6.45) is 1.72. The molecule has 0 aliphatic carbocycles. The molecule has 172 valence electrons. The first-order chi connectivity index (χ1) is 16.0. The molecule has 0 spiro atoms. The maximum atomic E-state index is 14.1. The van der Waals surface area contributed by atoms with Crippen LogP contribution in [0.4, 0.5) is 24.5 Å². The standard InChI is InChI=1S/C27H27F3N2O/c28-19-5-3-18(4-6-19)27(33)2-1-14-31-15-13-26-24(17-31)23-16-21(30)9-12-25(23)32(26)22-10-7-20(29)8-11-22/h3-12,16,24,26-27,33H,1-2,13-15,17H2/t24-,26+,27+/m0/s1. The highest BCUT2D eigenvalue weighted by Gasteiger charge is 2.42. The van der Waals surface area contributed by atoms with Crippen molar-refractivity contribution in [1.82, 2.24) is 4.90 Å². The Bertz CT molecular complexity index is 1100. The van der Waals surface area contributed by atoms with Crippen LogP contribution >= 0.6 is 0 Å². The topological polar surface area (TPSA) is 26.7 Å². The first-order valence-electron chi connectivity index (χ1n) is 11.5. The summed E-state index contributed by atoms with van der Waals surface area (Å²) < 4.78 is 40.7. The lowest BCUT2D eigenvalue weighted by molar-refractivity contribution is 0.145. The molecule has 0 radical (unpaired) electrons. The lowest BCUT2D eigenvalue weighted by Crippen LogP contribution is -2.45. The average Bonchev–Trinajstić information content (AvgIpc) is 3.13. The molecule has 3 nitrogen and oxygen atoms in total. The number of anilines is 2. The molecule has 5 rings (SSSR count). The van der Waals surface area contributed by atoms with E-state index in [4.69, 9.17) is 0 Å². The molecular formula is C27H27F3N2O. The zero-order chi connectivity index (χ0) is 22.9. The summed E-state index contributed by atoms with van der Waals surface area (Å²) in [4.78, 5) is 4.61. The molecule has 33 heavy (non-hydrogen) atoms. The molecule has 2 aliphatic heterocycles. The van der Waals surface area contributed by atoms with Crippen molar-refractivity contribution >= 4 is 11.4 Å². The smallest absolute Gasteiger partial charge is 0.123 e. The molecule has 2 aliphatic rings. The summed E-state index contributed by atoms with van der Waals surface area (Å²) in [5, 5.41) is 10.4. The maximum Gasteiger partial charge on any atom is 0.123 e. The van der Waals surface area contributed by atoms with Gasteiger partial charge in [0.25, 0.3) is 0 Å². The Balaban J connectivity index is 1.27. The number of aliphatic hydroxyl groups excluding tert-OH is 1. The van der Waals surface area contributed by atoms with Crippen molar-refractivity contribution in [3.63, 3.8) is 0 Å². The number of benzene rings is 3. The predicted octanol–water partition coefficient (Wildman–Crippen LogP) is 5.93. The molecule has 1 saturated heterocycles. The number of fused-ring (bicyclic) bond motifs is 3. The lowest BCUT2D eigenvalue weighted by atomic mass is 9.88. The van der Waals surface area contributed by atoms with Crippen LogP contribution < -0.4 is 4.90 Å². The molecule has 2 heterocycles. The Hall–Kier alpha value is -2.83. The summed E-state index contributed by atoms with van der Waals surface area (Å²) >= 11 is 0. The Morgan fingerprint density at radius 2 is 1.55 bits per heavy atom. The van der Waals surface area contributed by atoms with E-state index < -0.39 is 6.10 Å². The second kappa shape index (κ2) is 9.20. The van der Waals surface area contributed by atoms with Crippen LogP contribution in [-0.2, 0) is 0 Å². The zero-order valence-corrected chi connectivity index (χ0v) is 18.3. The molecule has 1 N–H and O–H groups in total. The third-order valence-corrected chi connectivity index (χ3v) is 6.95. The van der Waals surface area contributed by atoms with Crippen molar-refractivity contribution < 1.29 is 18.3 Å². The number of nitrogens with zero attached hydrogens (tertiary/aromatic N) is 2. The minimum absolute atomic E-state index is 0.163. The number of aliphatic hydroxyl groups is 1. The van der Waals surface area contributed by atoms with Crippen LogP contribution in [0.2, 0.25) is 0 Å². The minimum Gasteiger partial charge on any atom is -0.388 e. The van der Waals surface area contributed by atoms with Crippen LogP contribution in [0.15, 0.2) is 66.7 Å². The van der Waals surface area contributed by atoms with Gasteiger partial charge in [-0.25, -0.2) is 13.2 Å². The fourth-order valence-corrected chi connectivity index (χ4v) is 5.34. The molecule has 0 amide bonds. The van der Waals surface area contributed by atoms with E-state index in [0.717, 1.165) is 55.0 Å². The van der Waals surface area contributed by atoms with Crippen molar-refractivity contribution in [3.05, 3.63) is 95.3 Å². The molecule has 3 atom stereocenters. The van der Waals surface area contributed by atoms with Gasteiger partial charge in [-0.05, 0) is 91.5 Å². The Kier molecular flexibility index (Phi) is 6.13. The zero-order valence-electron chi connectivity index (χ0n) is 18.3. The van der Waals surface area contributed by atoms with E-state index in [1.807, 2.05) is 6.07 Å². The fourth-order valence-electron chi connectivity index (χ4n) is 5.34. The summed E-state index contributed by atoms with van der Waals surface area (Å²) in [5.41, 5.74) is 3.64. The van der Waals surface area contributed by atoms with Gasteiger partial charge in [0, 0.05) is 36.4 Å². The van der Waals surface area contributed by atoms with Crippen LogP contribution in [0.3, 0.4) is 0 Å². The molecular weight excluding hydrogens is 425 g/mol. The van der Waals surface area contributed by atoms with Crippen LogP contribution in [0.25, 0.3) is 0 Å². The maximum absolute atomic E-state index is 14.1. The van der Waals surface area contributed by atoms with Crippen molar-refractivity contribution in [2.24, 2.45) is 0 Å². The van der Waals surface area contributed by atoms with Gasteiger partial charge in [0.1, 0.15) is 17.5 Å². The highest BCUT2D eigenvalue weighted by Crippen LogP contribution is 2.48. The average molecular weight is 453 g/mol. The predicted molar refractivity (Wildman–Crippen MR) is 123 cm³/mol. The first-order valence-corrected chi connectivity index (χ1v) is 11.5. The van der Waals surface area contributed by atoms with Crippen molar-refractivity contribution in [2.75, 3.05) is 24.5 Å². The van der Waals surface area contributed by atoms with E-state index in [2.05, 4.69) is 9.80 Å². The van der Waals surface area contributed by atoms with E-state index in [1.165, 1.54) is 30.3 Å². The number of likely N-dealkylation sites (tertiary alicyclic amines) is 1. The van der Waals surface area contributed by atoms with E-state index in [9.17, 15) is 18.3 Å². The normalized spacial score (nSPS) is 21.0.